The van der Waals surface area contributed by atoms with Crippen LogP contribution in [0, 0.1) is 0 Å². The van der Waals surface area contributed by atoms with Gasteiger partial charge in [0.1, 0.15) is 18.3 Å². The molecule has 0 bridgehead atoms. The van der Waals surface area contributed by atoms with E-state index in [0.717, 1.165) is 73.6 Å². The Labute approximate surface area is 258 Å². The van der Waals surface area contributed by atoms with E-state index in [-0.39, 0.29) is 30.6 Å². The summed E-state index contributed by atoms with van der Waals surface area (Å²) in [4.78, 5) is 59.9. The molecule has 16 heteroatoms. The Morgan fingerprint density at radius 3 is 2.70 bits per heavy atom. The van der Waals surface area contributed by atoms with E-state index >= 15 is 0 Å². The first-order valence-corrected chi connectivity index (χ1v) is 16.1. The fourth-order valence-corrected chi connectivity index (χ4v) is 7.06. The molecular weight excluding hydrogens is 596 g/mol. The van der Waals surface area contributed by atoms with Gasteiger partial charge in [0.2, 0.25) is 5.91 Å². The molecule has 3 aliphatic heterocycles. The number of urea groups is 1. The average molecular weight is 639 g/mol. The first-order chi connectivity index (χ1) is 21.2. The van der Waals surface area contributed by atoms with Crippen LogP contribution in [-0.2, 0) is 19.1 Å². The summed E-state index contributed by atoms with van der Waals surface area (Å²) in [5, 5.41) is 30.2. The molecule has 1 aromatic rings. The van der Waals surface area contributed by atoms with Crippen LogP contribution in [0.1, 0.15) is 57.6 Å². The molecule has 0 unspecified atom stereocenters. The molecule has 3 saturated heterocycles. The number of amides is 4. The molecule has 0 saturated carbocycles. The number of aromatic nitrogens is 2. The molecule has 1 aromatic heterocycles. The zero-order valence-electron chi connectivity index (χ0n) is 24.5. The summed E-state index contributed by atoms with van der Waals surface area (Å²) in [6, 6.07) is 1.36. The van der Waals surface area contributed by atoms with Crippen LogP contribution < -0.4 is 32.6 Å². The van der Waals surface area contributed by atoms with Gasteiger partial charge >= 0.3 is 11.7 Å². The van der Waals surface area contributed by atoms with E-state index in [1.807, 2.05) is 11.8 Å². The van der Waals surface area contributed by atoms with E-state index in [1.54, 1.807) is 0 Å². The predicted octanol–water partition coefficient (Wildman–Crippen LogP) is -0.696. The number of carbonyl (C=O) groups excluding carboxylic acids is 3. The summed E-state index contributed by atoms with van der Waals surface area (Å²) >= 11 is 1.88. The molecular formula is C28H42N6O9S. The van der Waals surface area contributed by atoms with Gasteiger partial charge in [0.15, 0.2) is 6.23 Å². The number of hydrogen-bond acceptors (Lipinski definition) is 10. The second-order valence-electron chi connectivity index (χ2n) is 11.1. The number of unbranched alkanes of at least 4 members (excludes halogenated alkanes) is 4. The van der Waals surface area contributed by atoms with Crippen LogP contribution in [0.4, 0.5) is 4.79 Å². The number of aliphatic hydroxyl groups excluding tert-OH is 2. The third-order valence-corrected chi connectivity index (χ3v) is 9.44. The number of hydrogen-bond donors (Lipinski definition) is 6. The lowest BCUT2D eigenvalue weighted by Gasteiger charge is -2.18. The zero-order valence-corrected chi connectivity index (χ0v) is 25.3. The molecule has 0 spiro atoms. The number of nitrogens with zero attached hydrogens (tertiary/aromatic N) is 2. The van der Waals surface area contributed by atoms with Gasteiger partial charge in [0.05, 0.1) is 18.7 Å². The van der Waals surface area contributed by atoms with Crippen molar-refractivity contribution in [3.8, 4) is 0 Å². The summed E-state index contributed by atoms with van der Waals surface area (Å²) in [6.45, 7) is 4.27. The minimum atomic E-state index is -1.47. The SMILES string of the molecule is C=CC(=O)Nn1c(=O)ccn([C@@H]2O[C@H](COCCCCCCNC(=O)CCCC[C@@H]3SC[C@@H]4NC(=O)N[C@@H]43)[C@@H](O)[C@H]2O)c1=O. The maximum atomic E-state index is 12.7. The Morgan fingerprint density at radius 1 is 1.11 bits per heavy atom. The lowest BCUT2D eigenvalue weighted by atomic mass is 10.0. The van der Waals surface area contributed by atoms with Crippen molar-refractivity contribution in [3.63, 3.8) is 0 Å². The van der Waals surface area contributed by atoms with Crippen molar-refractivity contribution in [1.29, 1.82) is 0 Å². The average Bonchev–Trinajstić information content (AvgIpc) is 3.65. The largest absolute Gasteiger partial charge is 0.387 e. The third-order valence-electron chi connectivity index (χ3n) is 7.93. The van der Waals surface area contributed by atoms with Crippen LogP contribution in [0.15, 0.2) is 34.5 Å². The monoisotopic (exact) mass is 638 g/mol. The maximum Gasteiger partial charge on any atom is 0.352 e. The fourth-order valence-electron chi connectivity index (χ4n) is 5.51. The molecule has 6 N–H and O–H groups in total. The van der Waals surface area contributed by atoms with Crippen molar-refractivity contribution >= 4 is 29.6 Å². The second-order valence-corrected chi connectivity index (χ2v) is 12.4. The normalized spacial score (nSPS) is 27.4. The molecule has 4 amide bonds. The van der Waals surface area contributed by atoms with Crippen LogP contribution in [0.5, 0.6) is 0 Å². The summed E-state index contributed by atoms with van der Waals surface area (Å²) < 4.78 is 12.7. The highest BCUT2D eigenvalue weighted by atomic mass is 32.2. The second kappa shape index (κ2) is 16.2. The zero-order chi connectivity index (χ0) is 31.6. The maximum absolute atomic E-state index is 12.7. The van der Waals surface area contributed by atoms with Crippen molar-refractivity contribution in [2.45, 2.75) is 93.2 Å². The lowest BCUT2D eigenvalue weighted by molar-refractivity contribution is -0.121. The summed E-state index contributed by atoms with van der Waals surface area (Å²) in [5.74, 6) is 0.221. The van der Waals surface area contributed by atoms with Gasteiger partial charge in [0.25, 0.3) is 11.5 Å². The third kappa shape index (κ3) is 8.72. The highest BCUT2D eigenvalue weighted by Gasteiger charge is 2.44. The summed E-state index contributed by atoms with van der Waals surface area (Å²) in [7, 11) is 0. The number of carbonyl (C=O) groups is 3. The molecule has 3 aliphatic rings. The van der Waals surface area contributed by atoms with Gasteiger partial charge in [0, 0.05) is 42.8 Å². The van der Waals surface area contributed by atoms with Crippen LogP contribution in [0.2, 0.25) is 0 Å². The molecule has 3 fully saturated rings. The van der Waals surface area contributed by atoms with Crippen LogP contribution >= 0.6 is 11.8 Å². The molecule has 4 rings (SSSR count). The van der Waals surface area contributed by atoms with E-state index in [9.17, 15) is 34.2 Å². The molecule has 0 aliphatic carbocycles. The van der Waals surface area contributed by atoms with Gasteiger partial charge in [-0.3, -0.25) is 24.4 Å². The van der Waals surface area contributed by atoms with E-state index < -0.39 is 41.7 Å². The van der Waals surface area contributed by atoms with E-state index in [0.29, 0.717) is 29.5 Å². The molecule has 7 atom stereocenters. The quantitative estimate of drug-likeness (QED) is 0.0720. The number of fused-ring (bicyclic) bond motifs is 1. The van der Waals surface area contributed by atoms with Gasteiger partial charge in [-0.25, -0.2) is 9.59 Å². The number of rotatable bonds is 17. The van der Waals surface area contributed by atoms with Crippen LogP contribution in [0.25, 0.3) is 0 Å². The van der Waals surface area contributed by atoms with Gasteiger partial charge in [-0.15, -0.1) is 0 Å². The van der Waals surface area contributed by atoms with Gasteiger partial charge < -0.3 is 35.6 Å². The Kier molecular flexibility index (Phi) is 12.4. The topological polar surface area (TPSA) is 202 Å². The molecule has 4 heterocycles. The smallest absolute Gasteiger partial charge is 0.352 e. The standard InChI is InChI=1S/C28H42N6O9S/c1-2-20(35)32-34-22(37)11-13-33(28(34)41)26-25(39)24(38)18(43-26)15-42-14-8-4-3-7-12-29-21(36)10-6-5-9-19-23-17(16-44-19)30-27(40)31-23/h2,11,13,17-19,23-26,38-39H,1,3-10,12,14-16H2,(H,29,36)(H,32,35)(H2,30,31,40)/t17-,18+,19-,23-,24+,25+,26+/m0/s1. The number of thioether (sulfide) groups is 1. The van der Waals surface area contributed by atoms with Crippen molar-refractivity contribution in [2.24, 2.45) is 0 Å². The minimum Gasteiger partial charge on any atom is -0.387 e. The number of ether oxygens (including phenoxy) is 2. The Hall–Kier alpha value is -3.18. The predicted molar refractivity (Wildman–Crippen MR) is 162 cm³/mol. The van der Waals surface area contributed by atoms with Crippen LogP contribution in [-0.4, -0.2) is 98.5 Å². The van der Waals surface area contributed by atoms with Crippen molar-refractivity contribution in [3.05, 3.63) is 45.8 Å². The van der Waals surface area contributed by atoms with Gasteiger partial charge in [-0.1, -0.05) is 25.8 Å². The molecule has 0 radical (unpaired) electrons. The van der Waals surface area contributed by atoms with Crippen LogP contribution in [0.3, 0.4) is 0 Å². The molecule has 44 heavy (non-hydrogen) atoms. The lowest BCUT2D eigenvalue weighted by Crippen LogP contribution is -2.47. The van der Waals surface area contributed by atoms with Crippen molar-refractivity contribution in [2.75, 3.05) is 30.9 Å². The molecule has 15 nitrogen and oxygen atoms in total. The van der Waals surface area contributed by atoms with E-state index in [2.05, 4.69) is 28.0 Å². The van der Waals surface area contributed by atoms with E-state index in [1.165, 1.54) is 0 Å². The number of nitrogens with one attached hydrogen (secondary N) is 4. The fraction of sp³-hybridized carbons (Fsp3) is 0.679. The molecule has 244 valence electrons. The first kappa shape index (κ1) is 33.7. The Balaban J connectivity index is 1.04. The van der Waals surface area contributed by atoms with Gasteiger partial charge in [-0.05, 0) is 31.8 Å². The Morgan fingerprint density at radius 2 is 1.91 bits per heavy atom. The number of aliphatic hydroxyl groups is 2. The minimum absolute atomic E-state index is 0.0153. The van der Waals surface area contributed by atoms with E-state index in [4.69, 9.17) is 9.47 Å². The Bertz CT molecular complexity index is 1290. The van der Waals surface area contributed by atoms with Gasteiger partial charge in [-0.2, -0.15) is 16.4 Å². The highest BCUT2D eigenvalue weighted by Crippen LogP contribution is 2.33. The molecule has 0 aromatic carbocycles. The van der Waals surface area contributed by atoms with Crippen molar-refractivity contribution < 1.29 is 34.1 Å². The van der Waals surface area contributed by atoms with Crippen molar-refractivity contribution in [1.82, 2.24) is 25.2 Å². The summed E-state index contributed by atoms with van der Waals surface area (Å²) in [5.41, 5.74) is 0.331. The summed E-state index contributed by atoms with van der Waals surface area (Å²) in [6.07, 6.45) is 3.69. The highest BCUT2D eigenvalue weighted by molar-refractivity contribution is 8.00. The first-order valence-electron chi connectivity index (χ1n) is 15.0.